The van der Waals surface area contributed by atoms with Crippen molar-refractivity contribution in [1.82, 2.24) is 5.32 Å². The Labute approximate surface area is 72.1 Å². The highest BCUT2D eigenvalue weighted by Gasteiger charge is 2.42. The number of amides is 1. The molecule has 1 saturated heterocycles. The number of rotatable bonds is 0. The van der Waals surface area contributed by atoms with Gasteiger partial charge in [-0.15, -0.1) is 12.4 Å². The molecular weight excluding hydrogens is 164 g/mol. The van der Waals surface area contributed by atoms with E-state index in [0.29, 0.717) is 12.0 Å². The van der Waals surface area contributed by atoms with E-state index in [1.54, 1.807) is 0 Å². The van der Waals surface area contributed by atoms with Gasteiger partial charge in [0.05, 0.1) is 6.04 Å². The molecule has 3 nitrogen and oxygen atoms in total. The zero-order valence-corrected chi connectivity index (χ0v) is 7.06. The van der Waals surface area contributed by atoms with Crippen molar-refractivity contribution in [2.24, 2.45) is 11.7 Å². The fourth-order valence-electron chi connectivity index (χ4n) is 2.07. The number of nitrogens with one attached hydrogen (secondary N) is 1. The number of carbonyl (C=O) groups is 1. The van der Waals surface area contributed by atoms with Gasteiger partial charge in [-0.25, -0.2) is 0 Å². The lowest BCUT2D eigenvalue weighted by Crippen LogP contribution is -2.33. The number of carbonyl (C=O) groups excluding carboxylic acids is 1. The van der Waals surface area contributed by atoms with E-state index in [-0.39, 0.29) is 24.4 Å². The van der Waals surface area contributed by atoms with Crippen LogP contribution in [-0.4, -0.2) is 18.0 Å². The average molecular weight is 177 g/mol. The standard InChI is InChI=1S/C7H12N2O.ClH/c8-6-4-2-1-3-5(4)9-7(6)10;/h4-6H,1-3,8H2,(H,9,10);1H/t4-,5+,6+;/m0./s1. The molecule has 0 aromatic heterocycles. The summed E-state index contributed by atoms with van der Waals surface area (Å²) in [6.07, 6.45) is 3.48. The topological polar surface area (TPSA) is 55.1 Å². The molecule has 4 heteroatoms. The van der Waals surface area contributed by atoms with Crippen molar-refractivity contribution in [2.75, 3.05) is 0 Å². The summed E-state index contributed by atoms with van der Waals surface area (Å²) in [4.78, 5) is 11.0. The SMILES string of the molecule is Cl.N[C@H]1C(=O)N[C@@H]2CCC[C@@H]21. The van der Waals surface area contributed by atoms with Crippen LogP contribution in [0, 0.1) is 5.92 Å². The lowest BCUT2D eigenvalue weighted by Gasteiger charge is -2.08. The molecular formula is C7H13ClN2O. The monoisotopic (exact) mass is 176 g/mol. The zero-order chi connectivity index (χ0) is 7.14. The lowest BCUT2D eigenvalue weighted by atomic mass is 10.0. The van der Waals surface area contributed by atoms with Crippen LogP contribution in [0.3, 0.4) is 0 Å². The first kappa shape index (κ1) is 8.81. The zero-order valence-electron chi connectivity index (χ0n) is 6.25. The fraction of sp³-hybridized carbons (Fsp3) is 0.857. The molecule has 2 rings (SSSR count). The smallest absolute Gasteiger partial charge is 0.237 e. The van der Waals surface area contributed by atoms with Gasteiger partial charge in [0.2, 0.25) is 5.91 Å². The molecule has 0 spiro atoms. The van der Waals surface area contributed by atoms with Crippen molar-refractivity contribution >= 4 is 18.3 Å². The first-order valence-corrected chi connectivity index (χ1v) is 3.85. The second-order valence-corrected chi connectivity index (χ2v) is 3.24. The van der Waals surface area contributed by atoms with Crippen LogP contribution in [0.15, 0.2) is 0 Å². The van der Waals surface area contributed by atoms with E-state index in [0.717, 1.165) is 12.8 Å². The van der Waals surface area contributed by atoms with E-state index in [2.05, 4.69) is 5.32 Å². The summed E-state index contributed by atoms with van der Waals surface area (Å²) in [5, 5.41) is 2.90. The number of hydrogen-bond donors (Lipinski definition) is 2. The van der Waals surface area contributed by atoms with Crippen molar-refractivity contribution in [1.29, 1.82) is 0 Å². The molecule has 11 heavy (non-hydrogen) atoms. The molecule has 64 valence electrons. The molecule has 1 amide bonds. The molecule has 1 saturated carbocycles. The number of halogens is 1. The Balaban J connectivity index is 0.000000605. The molecule has 0 bridgehead atoms. The Hall–Kier alpha value is -0.280. The Morgan fingerprint density at radius 2 is 2.18 bits per heavy atom. The molecule has 3 atom stereocenters. The van der Waals surface area contributed by atoms with Gasteiger partial charge in [-0.3, -0.25) is 4.79 Å². The molecule has 0 aromatic rings. The summed E-state index contributed by atoms with van der Waals surface area (Å²) >= 11 is 0. The predicted octanol–water partition coefficient (Wildman–Crippen LogP) is 0.0340. The van der Waals surface area contributed by atoms with Gasteiger partial charge in [-0.1, -0.05) is 6.42 Å². The van der Waals surface area contributed by atoms with E-state index in [9.17, 15) is 4.79 Å². The molecule has 2 aliphatic rings. The largest absolute Gasteiger partial charge is 0.352 e. The van der Waals surface area contributed by atoms with Crippen LogP contribution >= 0.6 is 12.4 Å². The molecule has 3 N–H and O–H groups in total. The first-order chi connectivity index (χ1) is 4.79. The van der Waals surface area contributed by atoms with Gasteiger partial charge in [-0.05, 0) is 12.8 Å². The maximum Gasteiger partial charge on any atom is 0.237 e. The molecule has 1 aliphatic carbocycles. The van der Waals surface area contributed by atoms with Crippen LogP contribution in [0.25, 0.3) is 0 Å². The van der Waals surface area contributed by atoms with Gasteiger partial charge in [0.25, 0.3) is 0 Å². The first-order valence-electron chi connectivity index (χ1n) is 3.85. The third-order valence-corrected chi connectivity index (χ3v) is 2.66. The third kappa shape index (κ3) is 1.23. The molecule has 0 radical (unpaired) electrons. The maximum atomic E-state index is 11.0. The fourth-order valence-corrected chi connectivity index (χ4v) is 2.07. The van der Waals surface area contributed by atoms with E-state index in [1.807, 2.05) is 0 Å². The number of hydrogen-bond acceptors (Lipinski definition) is 2. The van der Waals surface area contributed by atoms with E-state index < -0.39 is 0 Å². The van der Waals surface area contributed by atoms with Crippen LogP contribution < -0.4 is 11.1 Å². The van der Waals surface area contributed by atoms with E-state index >= 15 is 0 Å². The quantitative estimate of drug-likeness (QED) is 0.548. The van der Waals surface area contributed by atoms with Gasteiger partial charge in [0, 0.05) is 12.0 Å². The second-order valence-electron chi connectivity index (χ2n) is 3.24. The van der Waals surface area contributed by atoms with Crippen molar-refractivity contribution in [3.63, 3.8) is 0 Å². The van der Waals surface area contributed by atoms with Crippen LogP contribution in [-0.2, 0) is 4.79 Å². The Morgan fingerprint density at radius 3 is 2.82 bits per heavy atom. The maximum absolute atomic E-state index is 11.0. The summed E-state index contributed by atoms with van der Waals surface area (Å²) in [6.45, 7) is 0. The second kappa shape index (κ2) is 2.99. The molecule has 2 fully saturated rings. The molecule has 0 unspecified atom stereocenters. The van der Waals surface area contributed by atoms with Gasteiger partial charge in [-0.2, -0.15) is 0 Å². The highest BCUT2D eigenvalue weighted by molar-refractivity contribution is 5.85. The minimum atomic E-state index is -0.215. The number of nitrogens with two attached hydrogens (primary N) is 1. The molecule has 1 aliphatic heterocycles. The highest BCUT2D eigenvalue weighted by atomic mass is 35.5. The van der Waals surface area contributed by atoms with Gasteiger partial charge >= 0.3 is 0 Å². The van der Waals surface area contributed by atoms with Crippen LogP contribution in [0.5, 0.6) is 0 Å². The van der Waals surface area contributed by atoms with Crippen molar-refractivity contribution in [3.8, 4) is 0 Å². The van der Waals surface area contributed by atoms with Gasteiger partial charge < -0.3 is 11.1 Å². The van der Waals surface area contributed by atoms with Crippen LogP contribution in [0.4, 0.5) is 0 Å². The van der Waals surface area contributed by atoms with Crippen molar-refractivity contribution in [2.45, 2.75) is 31.3 Å². The van der Waals surface area contributed by atoms with Crippen molar-refractivity contribution in [3.05, 3.63) is 0 Å². The Morgan fingerprint density at radius 1 is 1.45 bits per heavy atom. The summed E-state index contributed by atoms with van der Waals surface area (Å²) in [7, 11) is 0. The number of fused-ring (bicyclic) bond motifs is 1. The third-order valence-electron chi connectivity index (χ3n) is 2.66. The summed E-state index contributed by atoms with van der Waals surface area (Å²) in [6, 6.07) is 0.190. The predicted molar refractivity (Wildman–Crippen MR) is 44.5 cm³/mol. The van der Waals surface area contributed by atoms with Crippen molar-refractivity contribution < 1.29 is 4.79 Å². The summed E-state index contributed by atoms with van der Waals surface area (Å²) < 4.78 is 0. The lowest BCUT2D eigenvalue weighted by molar-refractivity contribution is -0.120. The highest BCUT2D eigenvalue weighted by Crippen LogP contribution is 2.31. The van der Waals surface area contributed by atoms with Gasteiger partial charge in [0.15, 0.2) is 0 Å². The molecule has 1 heterocycles. The Kier molecular flexibility index (Phi) is 2.40. The van der Waals surface area contributed by atoms with E-state index in [4.69, 9.17) is 5.73 Å². The van der Waals surface area contributed by atoms with E-state index in [1.165, 1.54) is 6.42 Å². The minimum absolute atomic E-state index is 0. The average Bonchev–Trinajstić information content (AvgIpc) is 2.41. The van der Waals surface area contributed by atoms with Gasteiger partial charge in [0.1, 0.15) is 0 Å². The molecule has 0 aromatic carbocycles. The Bertz CT molecular complexity index is 174. The van der Waals surface area contributed by atoms with Crippen LogP contribution in [0.2, 0.25) is 0 Å². The van der Waals surface area contributed by atoms with Crippen LogP contribution in [0.1, 0.15) is 19.3 Å². The summed E-state index contributed by atoms with van der Waals surface area (Å²) in [5.74, 6) is 0.488. The normalized spacial score (nSPS) is 41.2. The minimum Gasteiger partial charge on any atom is -0.352 e. The summed E-state index contributed by atoms with van der Waals surface area (Å²) in [5.41, 5.74) is 5.65.